The van der Waals surface area contributed by atoms with E-state index >= 15 is 0 Å². The van der Waals surface area contributed by atoms with Gasteiger partial charge < -0.3 is 9.84 Å². The molecule has 0 saturated carbocycles. The Morgan fingerprint density at radius 2 is 1.51 bits per heavy atom. The zero-order valence-corrected chi connectivity index (χ0v) is 20.0. The Kier molecular flexibility index (Phi) is 7.72. The Labute approximate surface area is 209 Å². The smallest absolute Gasteiger partial charge is 0.475 e. The van der Waals surface area contributed by atoms with Gasteiger partial charge in [0.05, 0.1) is 18.9 Å². The van der Waals surface area contributed by atoms with Crippen molar-refractivity contribution in [2.75, 3.05) is 13.7 Å². The molecule has 2 aromatic carbocycles. The van der Waals surface area contributed by atoms with Gasteiger partial charge in [-0.05, 0) is 42.7 Å². The second-order valence-electron chi connectivity index (χ2n) is 8.67. The number of rotatable bonds is 4. The third-order valence-electron chi connectivity index (χ3n) is 6.49. The van der Waals surface area contributed by atoms with Crippen LogP contribution in [0.3, 0.4) is 0 Å². The zero-order valence-electron chi connectivity index (χ0n) is 20.0. The molecule has 37 heavy (non-hydrogen) atoms. The summed E-state index contributed by atoms with van der Waals surface area (Å²) < 4.78 is 49.9. The number of hydrogen-bond acceptors (Lipinski definition) is 6. The van der Waals surface area contributed by atoms with Gasteiger partial charge in [0, 0.05) is 12.6 Å². The van der Waals surface area contributed by atoms with Crippen LogP contribution in [0.5, 0.6) is 0 Å². The molecule has 2 heterocycles. The fraction of sp³-hybridized carbons (Fsp3) is 0.360. The van der Waals surface area contributed by atoms with Crippen LogP contribution in [0.2, 0.25) is 0 Å². The number of likely N-dealkylation sites (tertiary alicyclic amines) is 1. The Morgan fingerprint density at radius 3 is 1.95 bits per heavy atom. The summed E-state index contributed by atoms with van der Waals surface area (Å²) in [4.78, 5) is 48.6. The van der Waals surface area contributed by atoms with Crippen molar-refractivity contribution in [3.63, 3.8) is 0 Å². The van der Waals surface area contributed by atoms with Crippen molar-refractivity contribution < 1.29 is 46.6 Å². The van der Waals surface area contributed by atoms with Crippen LogP contribution in [0.15, 0.2) is 48.5 Å². The number of benzene rings is 2. The van der Waals surface area contributed by atoms with Crippen molar-refractivity contribution in [2.24, 2.45) is 11.8 Å². The molecule has 0 aliphatic carbocycles. The lowest BCUT2D eigenvalue weighted by Crippen LogP contribution is -2.53. The van der Waals surface area contributed by atoms with Crippen LogP contribution >= 0.6 is 0 Å². The minimum absolute atomic E-state index is 0.262. The molecule has 12 heteroatoms. The Bertz CT molecular complexity index is 1200. The van der Waals surface area contributed by atoms with Crippen LogP contribution < -0.4 is 5.32 Å². The largest absolute Gasteiger partial charge is 0.490 e. The highest BCUT2D eigenvalue weighted by atomic mass is 19.4. The maximum absolute atomic E-state index is 13.2. The molecule has 2 aliphatic rings. The Hall–Kier alpha value is -3.80. The summed E-state index contributed by atoms with van der Waals surface area (Å²) in [7, 11) is 1.27. The van der Waals surface area contributed by atoms with Crippen molar-refractivity contribution in [3.05, 3.63) is 59.9 Å². The lowest BCUT2D eigenvalue weighted by atomic mass is 9.80. The van der Waals surface area contributed by atoms with Crippen LogP contribution in [0.4, 0.5) is 17.6 Å². The van der Waals surface area contributed by atoms with E-state index in [4.69, 9.17) is 14.6 Å². The van der Waals surface area contributed by atoms with E-state index in [-0.39, 0.29) is 24.2 Å². The SMILES string of the molecule is CCN1C(=O)C2C(c3ccc(-c4ccc(F)cc4)cc3)N[C@@](C)(C(=O)OC)C2C1=O.O=C(O)C(F)(F)F. The predicted octanol–water partition coefficient (Wildman–Crippen LogP) is 3.32. The number of nitrogens with one attached hydrogen (secondary N) is 1. The molecule has 0 aromatic heterocycles. The number of methoxy groups -OCH3 is 1. The van der Waals surface area contributed by atoms with Gasteiger partial charge in [-0.3, -0.25) is 24.6 Å². The fourth-order valence-corrected chi connectivity index (χ4v) is 4.72. The molecule has 4 atom stereocenters. The van der Waals surface area contributed by atoms with Crippen molar-refractivity contribution in [1.82, 2.24) is 10.2 Å². The van der Waals surface area contributed by atoms with E-state index in [1.54, 1.807) is 26.0 Å². The monoisotopic (exact) mass is 524 g/mol. The van der Waals surface area contributed by atoms with Crippen LogP contribution in [-0.4, -0.2) is 59.1 Å². The third-order valence-corrected chi connectivity index (χ3v) is 6.49. The van der Waals surface area contributed by atoms with Crippen LogP contribution in [0, 0.1) is 17.7 Å². The minimum Gasteiger partial charge on any atom is -0.475 e. The molecule has 2 N–H and O–H groups in total. The summed E-state index contributed by atoms with van der Waals surface area (Å²) in [6.45, 7) is 3.62. The van der Waals surface area contributed by atoms with E-state index in [0.717, 1.165) is 16.7 Å². The fourth-order valence-electron chi connectivity index (χ4n) is 4.72. The first-order valence-electron chi connectivity index (χ1n) is 11.1. The van der Waals surface area contributed by atoms with E-state index in [2.05, 4.69) is 5.32 Å². The van der Waals surface area contributed by atoms with Crippen molar-refractivity contribution >= 4 is 23.8 Å². The van der Waals surface area contributed by atoms with Gasteiger partial charge in [0.2, 0.25) is 11.8 Å². The Balaban J connectivity index is 0.000000479. The van der Waals surface area contributed by atoms with Gasteiger partial charge in [0.1, 0.15) is 11.4 Å². The number of imide groups is 1. The quantitative estimate of drug-likeness (QED) is 0.359. The normalized spacial score (nSPS) is 24.8. The van der Waals surface area contributed by atoms with Gasteiger partial charge >= 0.3 is 18.1 Å². The van der Waals surface area contributed by atoms with E-state index in [1.165, 1.54) is 24.1 Å². The van der Waals surface area contributed by atoms with Crippen LogP contribution in [-0.2, 0) is 23.9 Å². The van der Waals surface area contributed by atoms with Crippen molar-refractivity contribution in [3.8, 4) is 11.1 Å². The number of halogens is 4. The second-order valence-corrected chi connectivity index (χ2v) is 8.67. The minimum atomic E-state index is -5.08. The molecule has 198 valence electrons. The van der Waals surface area contributed by atoms with Gasteiger partial charge in [-0.1, -0.05) is 36.4 Å². The summed E-state index contributed by atoms with van der Waals surface area (Å²) in [5.74, 6) is -5.76. The highest BCUT2D eigenvalue weighted by molar-refractivity contribution is 6.09. The summed E-state index contributed by atoms with van der Waals surface area (Å²) in [6.07, 6.45) is -5.08. The summed E-state index contributed by atoms with van der Waals surface area (Å²) in [5, 5.41) is 10.3. The molecule has 2 aliphatic heterocycles. The molecule has 3 unspecified atom stereocenters. The molecule has 8 nitrogen and oxygen atoms in total. The topological polar surface area (TPSA) is 113 Å². The highest BCUT2D eigenvalue weighted by Crippen LogP contribution is 2.49. The third kappa shape index (κ3) is 5.19. The number of aliphatic carboxylic acids is 1. The first kappa shape index (κ1) is 27.8. The summed E-state index contributed by atoms with van der Waals surface area (Å²) in [6, 6.07) is 13.2. The van der Waals surface area contributed by atoms with E-state index in [0.29, 0.717) is 0 Å². The Morgan fingerprint density at radius 1 is 1.03 bits per heavy atom. The van der Waals surface area contributed by atoms with Crippen LogP contribution in [0.25, 0.3) is 11.1 Å². The number of carbonyl (C=O) groups is 4. The zero-order chi connectivity index (χ0) is 27.7. The molecule has 4 rings (SSSR count). The maximum Gasteiger partial charge on any atom is 0.490 e. The molecule has 2 amide bonds. The van der Waals surface area contributed by atoms with Gasteiger partial charge in [-0.25, -0.2) is 9.18 Å². The molecule has 2 aromatic rings. The van der Waals surface area contributed by atoms with E-state index < -0.39 is 41.5 Å². The van der Waals surface area contributed by atoms with Gasteiger partial charge in [0.15, 0.2) is 0 Å². The first-order valence-corrected chi connectivity index (χ1v) is 11.1. The second kappa shape index (κ2) is 10.3. The number of carbonyl (C=O) groups excluding carboxylic acids is 3. The lowest BCUT2D eigenvalue weighted by molar-refractivity contribution is -0.192. The number of carboxylic acid groups (broad SMARTS) is 1. The molecular formula is C25H24F4N2O6. The molecule has 0 spiro atoms. The van der Waals surface area contributed by atoms with Gasteiger partial charge in [-0.2, -0.15) is 13.2 Å². The van der Waals surface area contributed by atoms with Crippen LogP contribution in [0.1, 0.15) is 25.5 Å². The van der Waals surface area contributed by atoms with E-state index in [1.807, 2.05) is 24.3 Å². The number of ether oxygens (including phenoxy) is 1. The summed E-state index contributed by atoms with van der Waals surface area (Å²) in [5.41, 5.74) is 1.26. The molecule has 0 bridgehead atoms. The molecular weight excluding hydrogens is 500 g/mol. The van der Waals surface area contributed by atoms with Crippen molar-refractivity contribution in [1.29, 1.82) is 0 Å². The summed E-state index contributed by atoms with van der Waals surface area (Å²) >= 11 is 0. The standard InChI is InChI=1S/C23H23FN2O4.C2HF3O2/c1-4-26-20(27)17-18(21(26)28)23(2,22(29)30-3)25-19(17)15-7-5-13(6-8-15)14-9-11-16(24)12-10-14;3-2(4,5)1(6)7/h5-12,17-19,25H,4H2,1-3H3;(H,6,7)/t17?,18?,19?,23-;/m1./s1. The van der Waals surface area contributed by atoms with E-state index in [9.17, 15) is 31.9 Å². The average molecular weight is 524 g/mol. The number of fused-ring (bicyclic) bond motifs is 1. The van der Waals surface area contributed by atoms with Gasteiger partial charge in [0.25, 0.3) is 0 Å². The average Bonchev–Trinajstić information content (AvgIpc) is 3.31. The molecule has 0 radical (unpaired) electrons. The molecule has 2 fully saturated rings. The number of nitrogens with zero attached hydrogens (tertiary/aromatic N) is 1. The number of hydrogen-bond donors (Lipinski definition) is 2. The lowest BCUT2D eigenvalue weighted by Gasteiger charge is -2.28. The number of amides is 2. The number of esters is 1. The first-order chi connectivity index (χ1) is 17.3. The predicted molar refractivity (Wildman–Crippen MR) is 121 cm³/mol. The highest BCUT2D eigenvalue weighted by Gasteiger charge is 2.66. The van der Waals surface area contributed by atoms with Crippen molar-refractivity contribution in [2.45, 2.75) is 31.6 Å². The van der Waals surface area contributed by atoms with Gasteiger partial charge in [-0.15, -0.1) is 0 Å². The maximum atomic E-state index is 13.2. The number of carboxylic acids is 1. The molecule has 2 saturated heterocycles. The number of alkyl halides is 3.